The van der Waals surface area contributed by atoms with E-state index in [1.807, 2.05) is 6.92 Å². The maximum atomic E-state index is 13.1. The molecule has 0 atom stereocenters. The lowest BCUT2D eigenvalue weighted by molar-refractivity contribution is -0.386. The van der Waals surface area contributed by atoms with Gasteiger partial charge in [-0.2, -0.15) is 0 Å². The molecule has 2 aliphatic carbocycles. The number of methoxy groups -OCH3 is 1. The summed E-state index contributed by atoms with van der Waals surface area (Å²) in [6.07, 6.45) is 3.73. The van der Waals surface area contributed by atoms with Gasteiger partial charge in [-0.25, -0.2) is 0 Å². The van der Waals surface area contributed by atoms with E-state index in [1.54, 1.807) is 0 Å². The van der Waals surface area contributed by atoms with Gasteiger partial charge in [0.15, 0.2) is 17.3 Å². The van der Waals surface area contributed by atoms with Crippen LogP contribution < -0.4 is 4.74 Å². The van der Waals surface area contributed by atoms with Crippen LogP contribution in [0.2, 0.25) is 0 Å². The number of aromatic hydroxyl groups is 1. The van der Waals surface area contributed by atoms with Crippen molar-refractivity contribution in [3.05, 3.63) is 50.4 Å². The zero-order chi connectivity index (χ0) is 21.6. The van der Waals surface area contributed by atoms with E-state index in [1.165, 1.54) is 19.2 Å². The lowest BCUT2D eigenvalue weighted by Gasteiger charge is -2.43. The van der Waals surface area contributed by atoms with Crippen LogP contribution in [0.4, 0.5) is 5.69 Å². The predicted octanol–water partition coefficient (Wildman–Crippen LogP) is 3.74. The average Bonchev–Trinajstić information content (AvgIpc) is 2.72. The van der Waals surface area contributed by atoms with Gasteiger partial charge in [-0.1, -0.05) is 0 Å². The number of phenolic OH excluding ortho intramolecular Hbond substituents is 1. The van der Waals surface area contributed by atoms with Crippen molar-refractivity contribution in [1.29, 1.82) is 0 Å². The molecular weight excluding hydrogens is 388 g/mol. The number of benzene rings is 1. The molecule has 3 aliphatic rings. The van der Waals surface area contributed by atoms with Crippen LogP contribution in [0.15, 0.2) is 34.7 Å². The fraction of sp³-hybridized carbons (Fsp3) is 0.455. The third-order valence-electron chi connectivity index (χ3n) is 6.23. The molecule has 1 N–H and O–H groups in total. The molecule has 0 aromatic heterocycles. The standard InChI is InChI=1S/C22H24N2O6/c1-3-23-13-6-4-8-16(25)20(13)19(21-14(23)7-5-9-17(21)26)12-10-15(24(28)29)22(27)18(11-12)30-2/h10-11,19,27H,3-9H2,1-2H3. The van der Waals surface area contributed by atoms with Crippen LogP contribution in [-0.4, -0.2) is 40.2 Å². The van der Waals surface area contributed by atoms with E-state index in [2.05, 4.69) is 4.90 Å². The largest absolute Gasteiger partial charge is 0.500 e. The number of phenols is 1. The van der Waals surface area contributed by atoms with Crippen molar-refractivity contribution in [1.82, 2.24) is 4.90 Å². The number of hydrogen-bond acceptors (Lipinski definition) is 7. The maximum absolute atomic E-state index is 13.1. The van der Waals surface area contributed by atoms with Crippen molar-refractivity contribution in [2.75, 3.05) is 13.7 Å². The molecule has 158 valence electrons. The number of hydrogen-bond donors (Lipinski definition) is 1. The fourth-order valence-electron chi connectivity index (χ4n) is 5.01. The minimum absolute atomic E-state index is 0.0284. The Hall–Kier alpha value is -3.16. The first kappa shape index (κ1) is 20.1. The van der Waals surface area contributed by atoms with Crippen LogP contribution >= 0.6 is 0 Å². The fourth-order valence-corrected chi connectivity index (χ4v) is 5.01. The highest BCUT2D eigenvalue weighted by atomic mass is 16.6. The van der Waals surface area contributed by atoms with Crippen LogP contribution in [-0.2, 0) is 9.59 Å². The van der Waals surface area contributed by atoms with Crippen molar-refractivity contribution < 1.29 is 24.4 Å². The SMILES string of the molecule is CCN1C2=C(C(=O)CCC2)C(c2cc(OC)c(O)c([N+](=O)[O-])c2)C2=C1CCCC2=O. The van der Waals surface area contributed by atoms with E-state index in [0.29, 0.717) is 36.1 Å². The van der Waals surface area contributed by atoms with Crippen LogP contribution in [0.1, 0.15) is 56.9 Å². The molecular formula is C22H24N2O6. The van der Waals surface area contributed by atoms with Crippen molar-refractivity contribution in [3.63, 3.8) is 0 Å². The van der Waals surface area contributed by atoms with Gasteiger partial charge in [0.2, 0.25) is 5.75 Å². The summed E-state index contributed by atoms with van der Waals surface area (Å²) in [6.45, 7) is 2.66. The minimum Gasteiger partial charge on any atom is -0.500 e. The van der Waals surface area contributed by atoms with E-state index in [-0.39, 0.29) is 17.3 Å². The molecule has 0 bridgehead atoms. The number of ether oxygens (including phenoxy) is 1. The van der Waals surface area contributed by atoms with E-state index >= 15 is 0 Å². The Labute approximate surface area is 174 Å². The number of allylic oxidation sites excluding steroid dienone is 4. The van der Waals surface area contributed by atoms with Gasteiger partial charge in [0.25, 0.3) is 0 Å². The van der Waals surface area contributed by atoms with Gasteiger partial charge >= 0.3 is 5.69 Å². The van der Waals surface area contributed by atoms with Crippen LogP contribution in [0.25, 0.3) is 0 Å². The molecule has 0 radical (unpaired) electrons. The highest BCUT2D eigenvalue weighted by Gasteiger charge is 2.43. The van der Waals surface area contributed by atoms with Gasteiger partial charge < -0.3 is 14.7 Å². The number of nitrogens with zero attached hydrogens (tertiary/aromatic N) is 2. The normalized spacial score (nSPS) is 19.7. The zero-order valence-corrected chi connectivity index (χ0v) is 17.1. The number of nitro benzene ring substituents is 1. The van der Waals surface area contributed by atoms with Gasteiger partial charge in [-0.05, 0) is 44.2 Å². The van der Waals surface area contributed by atoms with Crippen molar-refractivity contribution in [3.8, 4) is 11.5 Å². The van der Waals surface area contributed by atoms with E-state index in [9.17, 15) is 24.8 Å². The first-order valence-corrected chi connectivity index (χ1v) is 10.2. The predicted molar refractivity (Wildman–Crippen MR) is 108 cm³/mol. The van der Waals surface area contributed by atoms with Crippen LogP contribution in [0.5, 0.6) is 11.5 Å². The Balaban J connectivity index is 2.02. The number of carbonyl (C=O) groups is 2. The van der Waals surface area contributed by atoms with Crippen molar-refractivity contribution in [2.45, 2.75) is 51.4 Å². The third kappa shape index (κ3) is 2.98. The maximum Gasteiger partial charge on any atom is 0.314 e. The summed E-state index contributed by atoms with van der Waals surface area (Å²) < 4.78 is 5.17. The molecule has 0 saturated heterocycles. The Morgan fingerprint density at radius 3 is 2.13 bits per heavy atom. The Bertz CT molecular complexity index is 979. The second-order valence-corrected chi connectivity index (χ2v) is 7.80. The molecule has 30 heavy (non-hydrogen) atoms. The molecule has 0 saturated carbocycles. The van der Waals surface area contributed by atoms with Crippen molar-refractivity contribution in [2.24, 2.45) is 0 Å². The molecule has 1 aliphatic heterocycles. The van der Waals surface area contributed by atoms with Gasteiger partial charge in [0.1, 0.15) is 0 Å². The van der Waals surface area contributed by atoms with E-state index in [0.717, 1.165) is 37.1 Å². The second-order valence-electron chi connectivity index (χ2n) is 7.80. The summed E-state index contributed by atoms with van der Waals surface area (Å²) in [7, 11) is 1.31. The van der Waals surface area contributed by atoms with E-state index < -0.39 is 22.3 Å². The lowest BCUT2D eigenvalue weighted by Crippen LogP contribution is -2.39. The molecule has 0 amide bonds. The number of ketones is 2. The summed E-state index contributed by atoms with van der Waals surface area (Å²) in [6, 6.07) is 2.77. The van der Waals surface area contributed by atoms with Crippen molar-refractivity contribution >= 4 is 17.3 Å². The zero-order valence-electron chi connectivity index (χ0n) is 17.1. The topological polar surface area (TPSA) is 110 Å². The summed E-state index contributed by atoms with van der Waals surface area (Å²) in [5.41, 5.74) is 2.87. The smallest absolute Gasteiger partial charge is 0.314 e. The average molecular weight is 412 g/mol. The molecule has 8 nitrogen and oxygen atoms in total. The number of nitro groups is 1. The molecule has 1 heterocycles. The van der Waals surface area contributed by atoms with Crippen LogP contribution in [0.3, 0.4) is 0 Å². The number of rotatable bonds is 4. The minimum atomic E-state index is -0.682. The Morgan fingerprint density at radius 2 is 1.67 bits per heavy atom. The molecule has 0 spiro atoms. The molecule has 0 fully saturated rings. The summed E-state index contributed by atoms with van der Waals surface area (Å²) in [4.78, 5) is 39.1. The highest BCUT2D eigenvalue weighted by Crippen LogP contribution is 2.51. The summed E-state index contributed by atoms with van der Waals surface area (Å²) >= 11 is 0. The molecule has 4 rings (SSSR count). The Morgan fingerprint density at radius 1 is 1.10 bits per heavy atom. The van der Waals surface area contributed by atoms with Gasteiger partial charge in [0.05, 0.1) is 12.0 Å². The molecule has 8 heteroatoms. The first-order chi connectivity index (χ1) is 14.4. The molecule has 1 aromatic rings. The third-order valence-corrected chi connectivity index (χ3v) is 6.23. The number of Topliss-reactive ketones (excluding diaryl/α,β-unsaturated/α-hetero) is 2. The number of carbonyl (C=O) groups excluding carboxylic acids is 2. The second kappa shape index (κ2) is 7.59. The quantitative estimate of drug-likeness (QED) is 0.592. The van der Waals surface area contributed by atoms with Gasteiger partial charge in [-0.3, -0.25) is 19.7 Å². The highest BCUT2D eigenvalue weighted by molar-refractivity contribution is 6.06. The van der Waals surface area contributed by atoms with Gasteiger partial charge in [0, 0.05) is 53.9 Å². The Kier molecular flexibility index (Phi) is 5.09. The summed E-state index contributed by atoms with van der Waals surface area (Å²) in [5.74, 6) is -1.34. The monoisotopic (exact) mass is 412 g/mol. The van der Waals surface area contributed by atoms with Crippen LogP contribution in [0, 0.1) is 10.1 Å². The first-order valence-electron chi connectivity index (χ1n) is 10.2. The molecule has 1 aromatic carbocycles. The lowest BCUT2D eigenvalue weighted by atomic mass is 9.71. The van der Waals surface area contributed by atoms with Gasteiger partial charge in [-0.15, -0.1) is 0 Å². The molecule has 0 unspecified atom stereocenters. The summed E-state index contributed by atoms with van der Waals surface area (Å²) in [5, 5.41) is 21.7. The van der Waals surface area contributed by atoms with E-state index in [4.69, 9.17) is 4.74 Å².